The van der Waals surface area contributed by atoms with Crippen molar-refractivity contribution < 1.29 is 9.53 Å². The van der Waals surface area contributed by atoms with E-state index >= 15 is 0 Å². The van der Waals surface area contributed by atoms with Gasteiger partial charge in [-0.25, -0.2) is 0 Å². The third-order valence-corrected chi connectivity index (χ3v) is 12.7. The van der Waals surface area contributed by atoms with E-state index in [1.54, 1.807) is 9.47 Å². The van der Waals surface area contributed by atoms with Crippen LogP contribution in [-0.4, -0.2) is 75.2 Å². The Morgan fingerprint density at radius 1 is 1.13 bits per heavy atom. The molecule has 0 aliphatic carbocycles. The van der Waals surface area contributed by atoms with E-state index in [0.717, 1.165) is 20.3 Å². The first-order chi connectivity index (χ1) is 18.1. The van der Waals surface area contributed by atoms with Crippen LogP contribution in [0.3, 0.4) is 0 Å². The van der Waals surface area contributed by atoms with Crippen molar-refractivity contribution in [3.63, 3.8) is 0 Å². The zero-order valence-electron chi connectivity index (χ0n) is 24.5. The Hall–Kier alpha value is -2.33. The molecule has 0 spiro atoms. The van der Waals surface area contributed by atoms with Crippen LogP contribution in [0.4, 0.5) is 10.6 Å². The van der Waals surface area contributed by atoms with Gasteiger partial charge in [0.05, 0.1) is 0 Å². The van der Waals surface area contributed by atoms with Crippen molar-refractivity contribution in [1.29, 1.82) is 0 Å². The normalized spacial score (nSPS) is 16.7. The van der Waals surface area contributed by atoms with Gasteiger partial charge in [-0.2, -0.15) is 0 Å². The van der Waals surface area contributed by atoms with Gasteiger partial charge >= 0.3 is 220 Å². The van der Waals surface area contributed by atoms with E-state index in [0.29, 0.717) is 36.1 Å². The Balaban J connectivity index is 1.89. The molecule has 2 aromatic heterocycles. The van der Waals surface area contributed by atoms with E-state index in [1.165, 1.54) is 0 Å². The molecule has 1 amide bonds. The summed E-state index contributed by atoms with van der Waals surface area (Å²) in [4.78, 5) is 46.9. The summed E-state index contributed by atoms with van der Waals surface area (Å²) >= 11 is 4.11. The van der Waals surface area contributed by atoms with Crippen LogP contribution in [0.15, 0.2) is 35.1 Å². The fourth-order valence-corrected chi connectivity index (χ4v) is 10.6. The van der Waals surface area contributed by atoms with Gasteiger partial charge in [0, 0.05) is 0 Å². The SMILES string of the molecule is CC(C)c1ccccc1-n1c(=O)nc(N2CCN(C(=O)OC(C)(C)C)CC2C)c2cc(Cl)[c]([Sn]([CH3])([CH3])[CH3])nc21. The Kier molecular flexibility index (Phi) is 8.30. The van der Waals surface area contributed by atoms with Crippen LogP contribution in [0.25, 0.3) is 16.7 Å². The van der Waals surface area contributed by atoms with Gasteiger partial charge in [-0.05, 0) is 20.8 Å². The summed E-state index contributed by atoms with van der Waals surface area (Å²) in [5.74, 6) is 0.756. The van der Waals surface area contributed by atoms with Gasteiger partial charge in [-0.1, -0.05) is 0 Å². The van der Waals surface area contributed by atoms with Crippen LogP contribution in [0.1, 0.15) is 53.0 Å². The van der Waals surface area contributed by atoms with Crippen molar-refractivity contribution in [3.8, 4) is 5.69 Å². The van der Waals surface area contributed by atoms with Gasteiger partial charge in [0.2, 0.25) is 0 Å². The Morgan fingerprint density at radius 3 is 2.38 bits per heavy atom. The molecule has 210 valence electrons. The molecular formula is C29H40ClN5O3Sn. The average molecular weight is 661 g/mol. The molecule has 1 unspecified atom stereocenters. The molecule has 1 aliphatic heterocycles. The number of ether oxygens (including phenoxy) is 1. The number of piperazine rings is 1. The standard InChI is InChI=1S/C26H31ClN5O3.3CH3.Sn/c1-16(2)19-9-7-8-10-21(19)32-22-20(13-18(27)14-28-22)23(29-24(32)33)31-12-11-30(15-17(31)3)25(34)35-26(4,5)6;;;;/h7-10,13,16-17H,11-12,15H2,1-6H3;3*1H3;. The molecule has 39 heavy (non-hydrogen) atoms. The molecule has 0 radical (unpaired) electrons. The molecule has 0 N–H and O–H groups in total. The fraction of sp³-hybridized carbons (Fsp3) is 0.517. The van der Waals surface area contributed by atoms with Crippen molar-refractivity contribution in [2.75, 3.05) is 24.5 Å². The summed E-state index contributed by atoms with van der Waals surface area (Å²) in [7, 11) is 0. The Bertz CT molecular complexity index is 1460. The fourth-order valence-electron chi connectivity index (χ4n) is 5.01. The van der Waals surface area contributed by atoms with Crippen molar-refractivity contribution in [1.82, 2.24) is 19.4 Å². The number of aromatic nitrogens is 3. The Morgan fingerprint density at radius 2 is 1.79 bits per heavy atom. The molecular weight excluding hydrogens is 621 g/mol. The minimum atomic E-state index is -2.75. The van der Waals surface area contributed by atoms with Crippen LogP contribution >= 0.6 is 11.6 Å². The van der Waals surface area contributed by atoms with Crippen LogP contribution in [0.2, 0.25) is 19.8 Å². The molecule has 1 atom stereocenters. The monoisotopic (exact) mass is 661 g/mol. The molecule has 1 aliphatic rings. The van der Waals surface area contributed by atoms with E-state index in [4.69, 9.17) is 21.3 Å². The minimum absolute atomic E-state index is 0.0968. The number of carbonyl (C=O) groups excluding carboxylic acids is 1. The first-order valence-electron chi connectivity index (χ1n) is 13.6. The van der Waals surface area contributed by atoms with Crippen LogP contribution in [0, 0.1) is 0 Å². The van der Waals surface area contributed by atoms with Crippen LogP contribution in [0.5, 0.6) is 0 Å². The number of hydrogen-bond donors (Lipinski definition) is 0. The molecule has 3 aromatic rings. The summed E-state index contributed by atoms with van der Waals surface area (Å²) in [6, 6.07) is 9.76. The second-order valence-electron chi connectivity index (χ2n) is 12.7. The number of nitrogens with zero attached hydrogens (tertiary/aromatic N) is 5. The number of carbonyl (C=O) groups is 1. The van der Waals surface area contributed by atoms with E-state index in [9.17, 15) is 9.59 Å². The van der Waals surface area contributed by atoms with Crippen molar-refractivity contribution in [2.45, 2.75) is 73.9 Å². The average Bonchev–Trinajstić information content (AvgIpc) is 2.81. The molecule has 8 nitrogen and oxygen atoms in total. The van der Waals surface area contributed by atoms with Gasteiger partial charge in [-0.3, -0.25) is 0 Å². The Labute approximate surface area is 240 Å². The summed E-state index contributed by atoms with van der Waals surface area (Å²) in [6.07, 6.45) is -0.334. The van der Waals surface area contributed by atoms with Gasteiger partial charge in [0.15, 0.2) is 0 Å². The molecule has 4 rings (SSSR count). The topological polar surface area (TPSA) is 80.6 Å². The number of benzene rings is 1. The molecule has 10 heteroatoms. The molecule has 0 bridgehead atoms. The number of hydrogen-bond acceptors (Lipinski definition) is 6. The van der Waals surface area contributed by atoms with Crippen molar-refractivity contribution in [3.05, 3.63) is 51.4 Å². The molecule has 1 aromatic carbocycles. The first-order valence-corrected chi connectivity index (χ1v) is 23.9. The van der Waals surface area contributed by atoms with Crippen LogP contribution in [-0.2, 0) is 4.74 Å². The van der Waals surface area contributed by atoms with E-state index < -0.39 is 24.0 Å². The predicted molar refractivity (Wildman–Crippen MR) is 162 cm³/mol. The maximum atomic E-state index is 13.8. The number of fused-ring (bicyclic) bond motifs is 1. The second-order valence-corrected chi connectivity index (χ2v) is 27.3. The summed E-state index contributed by atoms with van der Waals surface area (Å²) in [6.45, 7) is 13.3. The third-order valence-electron chi connectivity index (χ3n) is 6.86. The predicted octanol–water partition coefficient (Wildman–Crippen LogP) is 5.55. The number of para-hydroxylation sites is 1. The van der Waals surface area contributed by atoms with Gasteiger partial charge in [0.25, 0.3) is 0 Å². The van der Waals surface area contributed by atoms with Gasteiger partial charge in [0.1, 0.15) is 0 Å². The summed E-state index contributed by atoms with van der Waals surface area (Å²) in [5.41, 5.74) is 1.47. The maximum absolute atomic E-state index is 13.8. The molecule has 0 saturated carbocycles. The summed E-state index contributed by atoms with van der Waals surface area (Å²) < 4.78 is 8.16. The third kappa shape index (κ3) is 6.21. The quantitative estimate of drug-likeness (QED) is 0.342. The van der Waals surface area contributed by atoms with E-state index in [-0.39, 0.29) is 23.7 Å². The summed E-state index contributed by atoms with van der Waals surface area (Å²) in [5, 5.41) is 1.35. The second kappa shape index (κ2) is 10.9. The zero-order valence-corrected chi connectivity index (χ0v) is 28.1. The van der Waals surface area contributed by atoms with Crippen LogP contribution < -0.4 is 14.3 Å². The zero-order chi connectivity index (χ0) is 28.9. The number of rotatable bonds is 4. The number of anilines is 1. The van der Waals surface area contributed by atoms with Crippen molar-refractivity contribution >= 4 is 56.6 Å². The van der Waals surface area contributed by atoms with Crippen molar-refractivity contribution in [2.24, 2.45) is 0 Å². The number of halogens is 1. The number of pyridine rings is 1. The molecule has 3 heterocycles. The van der Waals surface area contributed by atoms with Gasteiger partial charge < -0.3 is 0 Å². The van der Waals surface area contributed by atoms with E-state index in [1.807, 2.05) is 58.0 Å². The van der Waals surface area contributed by atoms with Gasteiger partial charge in [-0.15, -0.1) is 0 Å². The van der Waals surface area contributed by atoms with E-state index in [2.05, 4.69) is 38.6 Å². The molecule has 1 fully saturated rings. The first kappa shape index (κ1) is 29.6. The molecule has 1 saturated heterocycles. The number of amides is 1.